The van der Waals surface area contributed by atoms with Gasteiger partial charge < -0.3 is 9.88 Å². The third-order valence-corrected chi connectivity index (χ3v) is 7.73. The number of hydrogen-bond acceptors (Lipinski definition) is 4. The van der Waals surface area contributed by atoms with Gasteiger partial charge in [0, 0.05) is 38.4 Å². The summed E-state index contributed by atoms with van der Waals surface area (Å²) in [6.07, 6.45) is 4.34. The van der Waals surface area contributed by atoms with Gasteiger partial charge in [-0.05, 0) is 42.7 Å². The first kappa shape index (κ1) is 22.2. The molecule has 0 aliphatic carbocycles. The number of carbonyl (C=O) groups excluding carboxylic acids is 1. The van der Waals surface area contributed by atoms with Crippen molar-refractivity contribution in [3.63, 3.8) is 0 Å². The summed E-state index contributed by atoms with van der Waals surface area (Å²) >= 11 is 0. The predicted octanol–water partition coefficient (Wildman–Crippen LogP) is 2.87. The standard InChI is InChI=1S/C23H25FN4O3S/c1-27-16-13-25-22(27)21(17-5-3-2-4-6-17)26-23(29)18-11-14-28(15-12-18)32(30,31)20-9-7-19(24)8-10-20/h2-10,13,16,18,21H,11-12,14-15H2,1H3,(H,26,29)/t21-/m1/s1. The maximum atomic E-state index is 13.2. The van der Waals surface area contributed by atoms with E-state index in [2.05, 4.69) is 10.3 Å². The van der Waals surface area contributed by atoms with Crippen LogP contribution in [0.15, 0.2) is 71.9 Å². The van der Waals surface area contributed by atoms with Crippen LogP contribution in [-0.2, 0) is 21.9 Å². The molecule has 3 aromatic rings. The van der Waals surface area contributed by atoms with E-state index in [1.807, 2.05) is 48.1 Å². The molecule has 1 fully saturated rings. The molecule has 168 valence electrons. The molecule has 1 saturated heterocycles. The highest BCUT2D eigenvalue weighted by Crippen LogP contribution is 2.26. The molecule has 1 aromatic heterocycles. The molecule has 1 aliphatic rings. The summed E-state index contributed by atoms with van der Waals surface area (Å²) in [5, 5.41) is 3.11. The van der Waals surface area contributed by atoms with Crippen molar-refractivity contribution in [3.05, 3.63) is 84.2 Å². The quantitative estimate of drug-likeness (QED) is 0.618. The molecule has 9 heteroatoms. The Kier molecular flexibility index (Phi) is 6.38. The minimum Gasteiger partial charge on any atom is -0.342 e. The largest absolute Gasteiger partial charge is 0.342 e. The van der Waals surface area contributed by atoms with Gasteiger partial charge in [0.15, 0.2) is 0 Å². The number of piperidine rings is 1. The van der Waals surface area contributed by atoms with Crippen LogP contribution in [0.3, 0.4) is 0 Å². The molecular formula is C23H25FN4O3S. The Morgan fingerprint density at radius 2 is 1.75 bits per heavy atom. The molecule has 0 radical (unpaired) electrons. The molecule has 1 N–H and O–H groups in total. The van der Waals surface area contributed by atoms with Crippen molar-refractivity contribution in [1.82, 2.24) is 19.2 Å². The molecule has 1 atom stereocenters. The maximum Gasteiger partial charge on any atom is 0.243 e. The lowest BCUT2D eigenvalue weighted by molar-refractivity contribution is -0.126. The van der Waals surface area contributed by atoms with Crippen LogP contribution in [0.5, 0.6) is 0 Å². The van der Waals surface area contributed by atoms with Crippen LogP contribution < -0.4 is 5.32 Å². The Morgan fingerprint density at radius 1 is 1.09 bits per heavy atom. The first-order valence-corrected chi connectivity index (χ1v) is 11.9. The van der Waals surface area contributed by atoms with Crippen molar-refractivity contribution in [1.29, 1.82) is 0 Å². The monoisotopic (exact) mass is 456 g/mol. The molecule has 32 heavy (non-hydrogen) atoms. The number of nitrogens with one attached hydrogen (secondary N) is 1. The zero-order chi connectivity index (χ0) is 22.7. The fourth-order valence-electron chi connectivity index (χ4n) is 3.97. The number of nitrogens with zero attached hydrogens (tertiary/aromatic N) is 3. The highest BCUT2D eigenvalue weighted by molar-refractivity contribution is 7.89. The number of imidazole rings is 1. The van der Waals surface area contributed by atoms with Gasteiger partial charge in [0.2, 0.25) is 15.9 Å². The summed E-state index contributed by atoms with van der Waals surface area (Å²) in [5.41, 5.74) is 0.923. The van der Waals surface area contributed by atoms with Crippen LogP contribution in [-0.4, -0.2) is 41.3 Å². The van der Waals surface area contributed by atoms with Crippen LogP contribution in [0.2, 0.25) is 0 Å². The Labute approximate surface area is 186 Å². The number of carbonyl (C=O) groups is 1. The van der Waals surface area contributed by atoms with E-state index in [4.69, 9.17) is 0 Å². The summed E-state index contributed by atoms with van der Waals surface area (Å²) in [6, 6.07) is 14.0. The Hall–Kier alpha value is -3.04. The van der Waals surface area contributed by atoms with Crippen molar-refractivity contribution >= 4 is 15.9 Å². The van der Waals surface area contributed by atoms with E-state index >= 15 is 0 Å². The second-order valence-corrected chi connectivity index (χ2v) is 9.82. The second kappa shape index (κ2) is 9.22. The van der Waals surface area contributed by atoms with Gasteiger partial charge in [-0.25, -0.2) is 17.8 Å². The molecule has 0 saturated carbocycles. The minimum absolute atomic E-state index is 0.0562. The molecule has 0 unspecified atom stereocenters. The van der Waals surface area contributed by atoms with Gasteiger partial charge in [0.1, 0.15) is 17.7 Å². The molecule has 4 rings (SSSR count). The highest BCUT2D eigenvalue weighted by atomic mass is 32.2. The van der Waals surface area contributed by atoms with Gasteiger partial charge >= 0.3 is 0 Å². The van der Waals surface area contributed by atoms with Crippen LogP contribution in [0, 0.1) is 11.7 Å². The normalized spacial score (nSPS) is 16.6. The van der Waals surface area contributed by atoms with Gasteiger partial charge in [-0.2, -0.15) is 4.31 Å². The molecule has 1 amide bonds. The fraction of sp³-hybridized carbons (Fsp3) is 0.304. The van der Waals surface area contributed by atoms with Gasteiger partial charge in [-0.3, -0.25) is 4.79 Å². The van der Waals surface area contributed by atoms with Crippen LogP contribution in [0.25, 0.3) is 0 Å². The number of sulfonamides is 1. The van der Waals surface area contributed by atoms with Gasteiger partial charge in [-0.1, -0.05) is 30.3 Å². The van der Waals surface area contributed by atoms with E-state index in [1.54, 1.807) is 6.20 Å². The van der Waals surface area contributed by atoms with E-state index in [1.165, 1.54) is 16.4 Å². The number of aromatic nitrogens is 2. The molecule has 2 heterocycles. The van der Waals surface area contributed by atoms with E-state index in [-0.39, 0.29) is 29.8 Å². The Morgan fingerprint density at radius 3 is 2.34 bits per heavy atom. The molecule has 0 spiro atoms. The summed E-state index contributed by atoms with van der Waals surface area (Å²) in [5.74, 6) is -0.192. The van der Waals surface area contributed by atoms with Crippen molar-refractivity contribution in [2.75, 3.05) is 13.1 Å². The molecule has 0 bridgehead atoms. The number of aryl methyl sites for hydroxylation is 1. The Bertz CT molecular complexity index is 1170. The van der Waals surface area contributed by atoms with Crippen LogP contribution in [0.1, 0.15) is 30.3 Å². The smallest absolute Gasteiger partial charge is 0.243 e. The summed E-state index contributed by atoms with van der Waals surface area (Å²) < 4.78 is 42.0. The molecule has 1 aliphatic heterocycles. The summed E-state index contributed by atoms with van der Waals surface area (Å²) in [7, 11) is -1.84. The highest BCUT2D eigenvalue weighted by Gasteiger charge is 2.33. The topological polar surface area (TPSA) is 84.3 Å². The van der Waals surface area contributed by atoms with Gasteiger partial charge in [0.05, 0.1) is 4.90 Å². The van der Waals surface area contributed by atoms with Crippen LogP contribution >= 0.6 is 0 Å². The molecule has 7 nitrogen and oxygen atoms in total. The lowest BCUT2D eigenvalue weighted by Crippen LogP contribution is -2.44. The maximum absolute atomic E-state index is 13.2. The Balaban J connectivity index is 1.44. The van der Waals surface area contributed by atoms with Gasteiger partial charge in [0.25, 0.3) is 0 Å². The zero-order valence-electron chi connectivity index (χ0n) is 17.7. The summed E-state index contributed by atoms with van der Waals surface area (Å²) in [4.78, 5) is 17.6. The third-order valence-electron chi connectivity index (χ3n) is 5.81. The van der Waals surface area contributed by atoms with Crippen molar-refractivity contribution < 1.29 is 17.6 Å². The SMILES string of the molecule is Cn1ccnc1[C@H](NC(=O)C1CCN(S(=O)(=O)c2ccc(F)cc2)CC1)c1ccccc1. The van der Waals surface area contributed by atoms with Crippen molar-refractivity contribution in [2.45, 2.75) is 23.8 Å². The predicted molar refractivity (Wildman–Crippen MR) is 118 cm³/mol. The minimum atomic E-state index is -3.71. The average Bonchev–Trinajstić information content (AvgIpc) is 3.23. The van der Waals surface area contributed by atoms with E-state index in [9.17, 15) is 17.6 Å². The van der Waals surface area contributed by atoms with E-state index in [0.717, 1.165) is 23.5 Å². The van der Waals surface area contributed by atoms with Crippen molar-refractivity contribution in [3.8, 4) is 0 Å². The lowest BCUT2D eigenvalue weighted by atomic mass is 9.96. The number of halogens is 1. The summed E-state index contributed by atoms with van der Waals surface area (Å²) in [6.45, 7) is 0.465. The number of rotatable bonds is 6. The first-order valence-electron chi connectivity index (χ1n) is 10.4. The zero-order valence-corrected chi connectivity index (χ0v) is 18.5. The second-order valence-electron chi connectivity index (χ2n) is 7.88. The van der Waals surface area contributed by atoms with Gasteiger partial charge in [-0.15, -0.1) is 0 Å². The lowest BCUT2D eigenvalue weighted by Gasteiger charge is -2.31. The first-order chi connectivity index (χ1) is 15.4. The van der Waals surface area contributed by atoms with Crippen molar-refractivity contribution in [2.24, 2.45) is 13.0 Å². The third kappa shape index (κ3) is 4.58. The number of benzene rings is 2. The van der Waals surface area contributed by atoms with E-state index in [0.29, 0.717) is 12.8 Å². The number of hydrogen-bond donors (Lipinski definition) is 1. The molecular weight excluding hydrogens is 431 g/mol. The van der Waals surface area contributed by atoms with E-state index < -0.39 is 21.9 Å². The fourth-order valence-corrected chi connectivity index (χ4v) is 5.44. The number of amides is 1. The average molecular weight is 457 g/mol. The molecule has 2 aromatic carbocycles. The van der Waals surface area contributed by atoms with Crippen LogP contribution in [0.4, 0.5) is 4.39 Å².